The molecule has 26 heavy (non-hydrogen) atoms. The second kappa shape index (κ2) is 9.46. The van der Waals surface area contributed by atoms with Gasteiger partial charge in [0, 0.05) is 5.56 Å². The van der Waals surface area contributed by atoms with Crippen LogP contribution in [-0.2, 0) is 4.79 Å². The van der Waals surface area contributed by atoms with Gasteiger partial charge in [-0.1, -0.05) is 19.4 Å². The van der Waals surface area contributed by atoms with E-state index in [-0.39, 0.29) is 18.2 Å². The summed E-state index contributed by atoms with van der Waals surface area (Å²) in [5.41, 5.74) is 1.64. The summed E-state index contributed by atoms with van der Waals surface area (Å²) >= 11 is 0. The summed E-state index contributed by atoms with van der Waals surface area (Å²) in [5.74, 6) is -0.0728. The van der Waals surface area contributed by atoms with Crippen molar-refractivity contribution >= 4 is 17.5 Å². The van der Waals surface area contributed by atoms with Crippen molar-refractivity contribution in [2.45, 2.75) is 26.7 Å². The first-order chi connectivity index (χ1) is 12.5. The summed E-state index contributed by atoms with van der Waals surface area (Å²) in [6, 6.07) is 11.7. The first-order valence-electron chi connectivity index (χ1n) is 8.60. The van der Waals surface area contributed by atoms with E-state index in [2.05, 4.69) is 17.6 Å². The highest BCUT2D eigenvalue weighted by molar-refractivity contribution is 5.99. The lowest BCUT2D eigenvalue weighted by atomic mass is 10.2. The number of hydrogen-bond acceptors (Lipinski definition) is 4. The third-order valence-electron chi connectivity index (χ3n) is 3.72. The van der Waals surface area contributed by atoms with Crippen LogP contribution in [0.4, 0.5) is 5.69 Å². The largest absolute Gasteiger partial charge is 0.506 e. The molecular formula is C20H24N2O4. The molecule has 0 saturated carbocycles. The zero-order chi connectivity index (χ0) is 18.9. The van der Waals surface area contributed by atoms with Gasteiger partial charge in [0.25, 0.3) is 5.91 Å². The fourth-order valence-corrected chi connectivity index (χ4v) is 2.24. The number of aryl methyl sites for hydroxylation is 1. The molecule has 2 aromatic rings. The van der Waals surface area contributed by atoms with Crippen molar-refractivity contribution in [3.05, 3.63) is 53.6 Å². The number of benzene rings is 2. The Hall–Kier alpha value is -3.02. The van der Waals surface area contributed by atoms with Crippen molar-refractivity contribution in [2.24, 2.45) is 0 Å². The maximum absolute atomic E-state index is 12.1. The number of carbonyl (C=O) groups is 2. The van der Waals surface area contributed by atoms with Crippen LogP contribution in [0.5, 0.6) is 11.5 Å². The number of aromatic hydroxyl groups is 1. The number of anilines is 1. The van der Waals surface area contributed by atoms with E-state index in [4.69, 9.17) is 4.74 Å². The number of amides is 2. The molecule has 0 aliphatic heterocycles. The van der Waals surface area contributed by atoms with Gasteiger partial charge in [0.2, 0.25) is 5.91 Å². The highest BCUT2D eigenvalue weighted by Gasteiger charge is 2.10. The third kappa shape index (κ3) is 5.81. The number of unbranched alkanes of at least 4 members (excludes halogenated alkanes) is 1. The SMILES string of the molecule is CCCCOc1ccc(C(=O)NCC(=O)Nc2ccc(C)cc2O)cc1. The van der Waals surface area contributed by atoms with Gasteiger partial charge in [0.15, 0.2) is 0 Å². The molecule has 2 rings (SSSR count). The average molecular weight is 356 g/mol. The maximum Gasteiger partial charge on any atom is 0.251 e. The van der Waals surface area contributed by atoms with Crippen LogP contribution in [0.15, 0.2) is 42.5 Å². The highest BCUT2D eigenvalue weighted by Crippen LogP contribution is 2.23. The van der Waals surface area contributed by atoms with E-state index in [0.717, 1.165) is 18.4 Å². The predicted octanol–water partition coefficient (Wildman–Crippen LogP) is 3.25. The summed E-state index contributed by atoms with van der Waals surface area (Å²) in [4.78, 5) is 24.0. The molecule has 0 atom stereocenters. The van der Waals surface area contributed by atoms with Gasteiger partial charge in [0.1, 0.15) is 11.5 Å². The van der Waals surface area contributed by atoms with E-state index in [1.54, 1.807) is 42.5 Å². The molecular weight excluding hydrogens is 332 g/mol. The molecule has 0 aliphatic carbocycles. The predicted molar refractivity (Wildman–Crippen MR) is 101 cm³/mol. The van der Waals surface area contributed by atoms with Gasteiger partial charge in [-0.2, -0.15) is 0 Å². The first-order valence-corrected chi connectivity index (χ1v) is 8.60. The van der Waals surface area contributed by atoms with Crippen molar-refractivity contribution < 1.29 is 19.4 Å². The second-order valence-corrected chi connectivity index (χ2v) is 5.98. The minimum atomic E-state index is -0.419. The van der Waals surface area contributed by atoms with Crippen LogP contribution in [0, 0.1) is 6.92 Å². The number of ether oxygens (including phenoxy) is 1. The second-order valence-electron chi connectivity index (χ2n) is 5.98. The average Bonchev–Trinajstić information content (AvgIpc) is 2.63. The summed E-state index contributed by atoms with van der Waals surface area (Å²) < 4.78 is 5.55. The molecule has 0 bridgehead atoms. The molecule has 0 spiro atoms. The molecule has 0 radical (unpaired) electrons. The van der Waals surface area contributed by atoms with Crippen LogP contribution in [0.25, 0.3) is 0 Å². The van der Waals surface area contributed by atoms with Gasteiger partial charge in [-0.05, 0) is 55.3 Å². The van der Waals surface area contributed by atoms with Crippen molar-refractivity contribution in [2.75, 3.05) is 18.5 Å². The summed E-state index contributed by atoms with van der Waals surface area (Å²) in [6.45, 7) is 4.38. The fraction of sp³-hybridized carbons (Fsp3) is 0.300. The molecule has 2 amide bonds. The molecule has 0 heterocycles. The van der Waals surface area contributed by atoms with E-state index in [9.17, 15) is 14.7 Å². The Kier molecular flexibility index (Phi) is 7.02. The van der Waals surface area contributed by atoms with Crippen molar-refractivity contribution in [3.63, 3.8) is 0 Å². The van der Waals surface area contributed by atoms with Gasteiger partial charge in [-0.3, -0.25) is 9.59 Å². The molecule has 3 N–H and O–H groups in total. The molecule has 0 aromatic heterocycles. The number of hydrogen-bond donors (Lipinski definition) is 3. The Morgan fingerprint density at radius 3 is 2.50 bits per heavy atom. The lowest BCUT2D eigenvalue weighted by Gasteiger charge is -2.09. The van der Waals surface area contributed by atoms with Gasteiger partial charge < -0.3 is 20.5 Å². The smallest absolute Gasteiger partial charge is 0.251 e. The van der Waals surface area contributed by atoms with Crippen LogP contribution in [0.3, 0.4) is 0 Å². The quantitative estimate of drug-likeness (QED) is 0.500. The van der Waals surface area contributed by atoms with Gasteiger partial charge >= 0.3 is 0 Å². The van der Waals surface area contributed by atoms with Crippen LogP contribution in [0.2, 0.25) is 0 Å². The Morgan fingerprint density at radius 2 is 1.85 bits per heavy atom. The van der Waals surface area contributed by atoms with Crippen LogP contribution < -0.4 is 15.4 Å². The Bertz CT molecular complexity index is 757. The topological polar surface area (TPSA) is 87.7 Å². The van der Waals surface area contributed by atoms with Crippen molar-refractivity contribution in [1.82, 2.24) is 5.32 Å². The zero-order valence-electron chi connectivity index (χ0n) is 15.0. The Morgan fingerprint density at radius 1 is 1.12 bits per heavy atom. The van der Waals surface area contributed by atoms with Crippen molar-refractivity contribution in [3.8, 4) is 11.5 Å². The van der Waals surface area contributed by atoms with Crippen LogP contribution >= 0.6 is 0 Å². The van der Waals surface area contributed by atoms with Gasteiger partial charge in [0.05, 0.1) is 18.8 Å². The lowest BCUT2D eigenvalue weighted by molar-refractivity contribution is -0.115. The number of nitrogens with one attached hydrogen (secondary N) is 2. The number of phenols is 1. The molecule has 2 aromatic carbocycles. The first kappa shape index (κ1) is 19.3. The summed E-state index contributed by atoms with van der Waals surface area (Å²) in [6.07, 6.45) is 2.04. The monoisotopic (exact) mass is 356 g/mol. The zero-order valence-corrected chi connectivity index (χ0v) is 15.0. The summed E-state index contributed by atoms with van der Waals surface area (Å²) in [7, 11) is 0. The molecule has 0 aliphatic rings. The molecule has 6 nitrogen and oxygen atoms in total. The number of carbonyl (C=O) groups excluding carboxylic acids is 2. The van der Waals surface area contributed by atoms with Gasteiger partial charge in [-0.25, -0.2) is 0 Å². The van der Waals surface area contributed by atoms with E-state index < -0.39 is 5.91 Å². The number of phenolic OH excluding ortho intramolecular Hbond substituents is 1. The van der Waals surface area contributed by atoms with Crippen LogP contribution in [0.1, 0.15) is 35.7 Å². The Labute approximate surface area is 153 Å². The van der Waals surface area contributed by atoms with E-state index in [0.29, 0.717) is 23.6 Å². The normalized spacial score (nSPS) is 10.2. The van der Waals surface area contributed by atoms with E-state index >= 15 is 0 Å². The van der Waals surface area contributed by atoms with E-state index in [1.165, 1.54) is 0 Å². The number of rotatable bonds is 8. The highest BCUT2D eigenvalue weighted by atomic mass is 16.5. The third-order valence-corrected chi connectivity index (χ3v) is 3.72. The van der Waals surface area contributed by atoms with E-state index in [1.807, 2.05) is 6.92 Å². The minimum absolute atomic E-state index is 0.0108. The maximum atomic E-state index is 12.1. The molecule has 0 fully saturated rings. The lowest BCUT2D eigenvalue weighted by Crippen LogP contribution is -2.32. The summed E-state index contributed by atoms with van der Waals surface area (Å²) in [5, 5.41) is 14.9. The van der Waals surface area contributed by atoms with Crippen LogP contribution in [-0.4, -0.2) is 30.1 Å². The van der Waals surface area contributed by atoms with Crippen molar-refractivity contribution in [1.29, 1.82) is 0 Å². The molecule has 138 valence electrons. The standard InChI is InChI=1S/C20H24N2O4/c1-3-4-11-26-16-8-6-15(7-9-16)20(25)21-13-19(24)22-17-10-5-14(2)12-18(17)23/h5-10,12,23H,3-4,11,13H2,1-2H3,(H,21,25)(H,22,24). The minimum Gasteiger partial charge on any atom is -0.506 e. The molecule has 6 heteroatoms. The van der Waals surface area contributed by atoms with Gasteiger partial charge in [-0.15, -0.1) is 0 Å². The Balaban J connectivity index is 1.82. The molecule has 0 saturated heterocycles. The fourth-order valence-electron chi connectivity index (χ4n) is 2.24. The molecule has 0 unspecified atom stereocenters.